The minimum absolute atomic E-state index is 0.00507. The molecule has 1 saturated heterocycles. The molecule has 1 aromatic carbocycles. The van der Waals surface area contributed by atoms with E-state index in [1.54, 1.807) is 16.2 Å². The minimum atomic E-state index is 0.00507. The standard InChI is InChI=1S/C20H27N3OS/c1-14(2)15-7-9-16(10-8-15)19-21-17(13-25-19)12-23-11-5-6-18(23)20(24)22(3)4/h7-10,13-14,18H,5-6,11-12H2,1-4H3. The summed E-state index contributed by atoms with van der Waals surface area (Å²) in [5.41, 5.74) is 3.58. The molecule has 1 aliphatic rings. The number of carbonyl (C=O) groups excluding carboxylic acids is 1. The molecule has 4 nitrogen and oxygen atoms in total. The quantitative estimate of drug-likeness (QED) is 0.812. The van der Waals surface area contributed by atoms with Crippen LogP contribution in [-0.4, -0.2) is 47.4 Å². The van der Waals surface area contributed by atoms with Crippen molar-refractivity contribution in [1.82, 2.24) is 14.8 Å². The van der Waals surface area contributed by atoms with Crippen LogP contribution in [0.4, 0.5) is 0 Å². The van der Waals surface area contributed by atoms with Gasteiger partial charge in [0.2, 0.25) is 5.91 Å². The molecule has 0 bridgehead atoms. The summed E-state index contributed by atoms with van der Waals surface area (Å²) >= 11 is 1.68. The Hall–Kier alpha value is -1.72. The normalized spacial score (nSPS) is 18.0. The van der Waals surface area contributed by atoms with Crippen molar-refractivity contribution in [2.24, 2.45) is 0 Å². The summed E-state index contributed by atoms with van der Waals surface area (Å²) < 4.78 is 0. The van der Waals surface area contributed by atoms with E-state index >= 15 is 0 Å². The molecule has 1 fully saturated rings. The number of thiazole rings is 1. The largest absolute Gasteiger partial charge is 0.347 e. The number of aromatic nitrogens is 1. The van der Waals surface area contributed by atoms with E-state index in [2.05, 4.69) is 48.4 Å². The molecule has 3 rings (SSSR count). The average molecular weight is 358 g/mol. The van der Waals surface area contributed by atoms with Gasteiger partial charge in [-0.1, -0.05) is 38.1 Å². The van der Waals surface area contributed by atoms with Crippen molar-refractivity contribution in [1.29, 1.82) is 0 Å². The van der Waals surface area contributed by atoms with E-state index in [1.165, 1.54) is 11.1 Å². The minimum Gasteiger partial charge on any atom is -0.347 e. The number of hydrogen-bond acceptors (Lipinski definition) is 4. The summed E-state index contributed by atoms with van der Waals surface area (Å²) in [5, 5.41) is 3.18. The van der Waals surface area contributed by atoms with Crippen LogP contribution in [0.15, 0.2) is 29.6 Å². The van der Waals surface area contributed by atoms with Crippen LogP contribution in [-0.2, 0) is 11.3 Å². The second kappa shape index (κ2) is 7.67. The number of likely N-dealkylation sites (tertiary alicyclic amines) is 1. The molecule has 0 spiro atoms. The van der Waals surface area contributed by atoms with E-state index in [9.17, 15) is 4.79 Å². The molecule has 1 unspecified atom stereocenters. The Balaban J connectivity index is 1.70. The molecule has 2 aromatic rings. The van der Waals surface area contributed by atoms with E-state index in [-0.39, 0.29) is 11.9 Å². The van der Waals surface area contributed by atoms with Crippen LogP contribution in [0, 0.1) is 0 Å². The molecule has 134 valence electrons. The summed E-state index contributed by atoms with van der Waals surface area (Å²) in [7, 11) is 3.67. The molecule has 5 heteroatoms. The Labute approximate surface area is 154 Å². The van der Waals surface area contributed by atoms with Gasteiger partial charge in [-0.3, -0.25) is 9.69 Å². The topological polar surface area (TPSA) is 36.4 Å². The van der Waals surface area contributed by atoms with Gasteiger partial charge in [-0.05, 0) is 30.9 Å². The lowest BCUT2D eigenvalue weighted by molar-refractivity contribution is -0.133. The first kappa shape index (κ1) is 18.1. The monoisotopic (exact) mass is 357 g/mol. The SMILES string of the molecule is CC(C)c1ccc(-c2nc(CN3CCCC3C(=O)N(C)C)cs2)cc1. The van der Waals surface area contributed by atoms with Crippen molar-refractivity contribution in [2.45, 2.75) is 45.2 Å². The van der Waals surface area contributed by atoms with E-state index in [0.717, 1.165) is 36.6 Å². The van der Waals surface area contributed by atoms with Crippen molar-refractivity contribution in [3.8, 4) is 10.6 Å². The van der Waals surface area contributed by atoms with Crippen LogP contribution in [0.3, 0.4) is 0 Å². The molecular formula is C20H27N3OS. The van der Waals surface area contributed by atoms with Crippen molar-refractivity contribution in [3.05, 3.63) is 40.9 Å². The van der Waals surface area contributed by atoms with Crippen LogP contribution in [0.25, 0.3) is 10.6 Å². The van der Waals surface area contributed by atoms with E-state index in [4.69, 9.17) is 4.98 Å². The highest BCUT2D eigenvalue weighted by molar-refractivity contribution is 7.13. The molecule has 1 aliphatic heterocycles. The zero-order valence-electron chi connectivity index (χ0n) is 15.5. The van der Waals surface area contributed by atoms with Gasteiger partial charge >= 0.3 is 0 Å². The van der Waals surface area contributed by atoms with Crippen LogP contribution < -0.4 is 0 Å². The fourth-order valence-corrected chi connectivity index (χ4v) is 4.14. The van der Waals surface area contributed by atoms with Crippen molar-refractivity contribution >= 4 is 17.2 Å². The van der Waals surface area contributed by atoms with Crippen molar-refractivity contribution in [3.63, 3.8) is 0 Å². The van der Waals surface area contributed by atoms with Crippen LogP contribution in [0.2, 0.25) is 0 Å². The van der Waals surface area contributed by atoms with Crippen LogP contribution in [0.1, 0.15) is 43.9 Å². The smallest absolute Gasteiger partial charge is 0.239 e. The number of nitrogens with zero attached hydrogens (tertiary/aromatic N) is 3. The molecule has 0 radical (unpaired) electrons. The second-order valence-corrected chi connectivity index (χ2v) is 8.14. The second-order valence-electron chi connectivity index (χ2n) is 7.28. The summed E-state index contributed by atoms with van der Waals surface area (Å²) in [5.74, 6) is 0.750. The fourth-order valence-electron chi connectivity index (χ4n) is 3.32. The Morgan fingerprint density at radius 1 is 1.32 bits per heavy atom. The molecule has 0 saturated carbocycles. The number of rotatable bonds is 5. The maximum absolute atomic E-state index is 12.3. The molecule has 0 aliphatic carbocycles. The molecule has 1 aromatic heterocycles. The summed E-state index contributed by atoms with van der Waals surface area (Å²) in [6, 6.07) is 8.70. The van der Waals surface area contributed by atoms with E-state index in [0.29, 0.717) is 5.92 Å². The zero-order chi connectivity index (χ0) is 18.0. The third-order valence-electron chi connectivity index (χ3n) is 4.83. The van der Waals surface area contributed by atoms with Gasteiger partial charge in [-0.2, -0.15) is 0 Å². The Morgan fingerprint density at radius 3 is 2.68 bits per heavy atom. The molecule has 0 N–H and O–H groups in total. The summed E-state index contributed by atoms with van der Waals surface area (Å²) in [6.07, 6.45) is 2.03. The maximum atomic E-state index is 12.3. The molecule has 1 amide bonds. The highest BCUT2D eigenvalue weighted by atomic mass is 32.1. The number of likely N-dealkylation sites (N-methyl/N-ethyl adjacent to an activating group) is 1. The first-order valence-corrected chi connectivity index (χ1v) is 9.83. The Kier molecular flexibility index (Phi) is 5.54. The first-order chi connectivity index (χ1) is 12.0. The molecule has 2 heterocycles. The van der Waals surface area contributed by atoms with Gasteiger partial charge in [0.15, 0.2) is 0 Å². The number of benzene rings is 1. The van der Waals surface area contributed by atoms with Gasteiger partial charge in [0.1, 0.15) is 5.01 Å². The number of carbonyl (C=O) groups is 1. The van der Waals surface area contributed by atoms with Gasteiger partial charge in [0, 0.05) is 31.6 Å². The highest BCUT2D eigenvalue weighted by Crippen LogP contribution is 2.28. The number of hydrogen-bond donors (Lipinski definition) is 0. The van der Waals surface area contributed by atoms with Crippen molar-refractivity contribution < 1.29 is 4.79 Å². The third kappa shape index (κ3) is 4.10. The van der Waals surface area contributed by atoms with E-state index in [1.807, 2.05) is 14.1 Å². The number of amides is 1. The maximum Gasteiger partial charge on any atom is 0.239 e. The third-order valence-corrected chi connectivity index (χ3v) is 5.77. The van der Waals surface area contributed by atoms with Crippen LogP contribution >= 0.6 is 11.3 Å². The van der Waals surface area contributed by atoms with Gasteiger partial charge in [0.25, 0.3) is 0 Å². The zero-order valence-corrected chi connectivity index (χ0v) is 16.3. The van der Waals surface area contributed by atoms with Gasteiger partial charge in [-0.25, -0.2) is 4.98 Å². The predicted molar refractivity (Wildman–Crippen MR) is 104 cm³/mol. The summed E-state index contributed by atoms with van der Waals surface area (Å²) in [6.45, 7) is 6.14. The predicted octanol–water partition coefficient (Wildman–Crippen LogP) is 3.99. The summed E-state index contributed by atoms with van der Waals surface area (Å²) in [4.78, 5) is 21.1. The van der Waals surface area contributed by atoms with Gasteiger partial charge in [-0.15, -0.1) is 11.3 Å². The molecular weight excluding hydrogens is 330 g/mol. The van der Waals surface area contributed by atoms with E-state index < -0.39 is 0 Å². The van der Waals surface area contributed by atoms with Crippen molar-refractivity contribution in [2.75, 3.05) is 20.6 Å². The molecule has 1 atom stereocenters. The van der Waals surface area contributed by atoms with Gasteiger partial charge < -0.3 is 4.90 Å². The Bertz CT molecular complexity index is 721. The fraction of sp³-hybridized carbons (Fsp3) is 0.500. The lowest BCUT2D eigenvalue weighted by Crippen LogP contribution is -2.42. The first-order valence-electron chi connectivity index (χ1n) is 8.95. The average Bonchev–Trinajstić information content (AvgIpc) is 3.24. The van der Waals surface area contributed by atoms with Crippen LogP contribution in [0.5, 0.6) is 0 Å². The lowest BCUT2D eigenvalue weighted by atomic mass is 10.0. The van der Waals surface area contributed by atoms with Gasteiger partial charge in [0.05, 0.1) is 11.7 Å². The highest BCUT2D eigenvalue weighted by Gasteiger charge is 2.31. The molecule has 25 heavy (non-hydrogen) atoms. The Morgan fingerprint density at radius 2 is 2.04 bits per heavy atom. The lowest BCUT2D eigenvalue weighted by Gasteiger charge is -2.25.